The van der Waals surface area contributed by atoms with Crippen LogP contribution in [0.15, 0.2) is 60.7 Å². The minimum Gasteiger partial charge on any atom is -0.496 e. The first kappa shape index (κ1) is 23.7. The van der Waals surface area contributed by atoms with E-state index in [1.54, 1.807) is 24.3 Å². The fourth-order valence-electron chi connectivity index (χ4n) is 3.51. The lowest BCUT2D eigenvalue weighted by molar-refractivity contribution is -0.125. The van der Waals surface area contributed by atoms with Gasteiger partial charge in [0.15, 0.2) is 11.5 Å². The van der Waals surface area contributed by atoms with Crippen LogP contribution in [-0.2, 0) is 9.53 Å². The van der Waals surface area contributed by atoms with Crippen LogP contribution in [0.5, 0.6) is 17.2 Å². The third-order valence-electron chi connectivity index (χ3n) is 4.98. The quantitative estimate of drug-likeness (QED) is 0.494. The Hall–Kier alpha value is -4.00. The third kappa shape index (κ3) is 5.63. The molecule has 0 spiro atoms. The summed E-state index contributed by atoms with van der Waals surface area (Å²) in [6.07, 6.45) is -1.18. The number of amides is 1. The first-order chi connectivity index (χ1) is 15.9. The van der Waals surface area contributed by atoms with Gasteiger partial charge in [-0.2, -0.15) is 0 Å². The lowest BCUT2D eigenvalue weighted by atomic mass is 10.1. The van der Waals surface area contributed by atoms with Crippen LogP contribution in [0.1, 0.15) is 33.2 Å². The summed E-state index contributed by atoms with van der Waals surface area (Å²) < 4.78 is 21.6. The number of benzene rings is 3. The number of carbonyl (C=O) groups excluding carboxylic acids is 2. The first-order valence-corrected chi connectivity index (χ1v) is 10.3. The van der Waals surface area contributed by atoms with E-state index in [-0.39, 0.29) is 11.3 Å². The van der Waals surface area contributed by atoms with Crippen molar-refractivity contribution < 1.29 is 28.5 Å². The molecule has 7 heteroatoms. The summed E-state index contributed by atoms with van der Waals surface area (Å²) >= 11 is 0. The van der Waals surface area contributed by atoms with Crippen LogP contribution >= 0.6 is 0 Å². The molecule has 0 saturated carbocycles. The van der Waals surface area contributed by atoms with Crippen LogP contribution in [0.2, 0.25) is 0 Å². The van der Waals surface area contributed by atoms with Gasteiger partial charge in [-0.1, -0.05) is 36.4 Å². The SMILES string of the molecule is COc1cc(OC)c(C(=O)O[C@H](C(=O)Nc2cc(C)cc(C)c2)c2ccccc2)cc1OC. The second-order valence-electron chi connectivity index (χ2n) is 7.47. The number of hydrogen-bond acceptors (Lipinski definition) is 6. The fraction of sp³-hybridized carbons (Fsp3) is 0.231. The number of aryl methyl sites for hydroxylation is 2. The molecule has 0 aromatic heterocycles. The monoisotopic (exact) mass is 449 g/mol. The molecular weight excluding hydrogens is 422 g/mol. The molecule has 0 aliphatic rings. The predicted molar refractivity (Wildman–Crippen MR) is 125 cm³/mol. The molecule has 0 aliphatic carbocycles. The van der Waals surface area contributed by atoms with Gasteiger partial charge in [0.05, 0.1) is 21.3 Å². The van der Waals surface area contributed by atoms with E-state index in [4.69, 9.17) is 18.9 Å². The molecule has 0 aliphatic heterocycles. The van der Waals surface area contributed by atoms with Crippen molar-refractivity contribution >= 4 is 17.6 Å². The van der Waals surface area contributed by atoms with Crippen molar-refractivity contribution in [1.29, 1.82) is 0 Å². The van der Waals surface area contributed by atoms with Gasteiger partial charge in [0, 0.05) is 23.4 Å². The zero-order valence-electron chi connectivity index (χ0n) is 19.3. The topological polar surface area (TPSA) is 83.1 Å². The Bertz CT molecular complexity index is 1120. The van der Waals surface area contributed by atoms with Crippen LogP contribution in [0, 0.1) is 13.8 Å². The number of carbonyl (C=O) groups is 2. The lowest BCUT2D eigenvalue weighted by Gasteiger charge is -2.20. The van der Waals surface area contributed by atoms with Gasteiger partial charge in [0.1, 0.15) is 11.3 Å². The highest BCUT2D eigenvalue weighted by molar-refractivity contribution is 5.99. The van der Waals surface area contributed by atoms with Crippen molar-refractivity contribution in [3.8, 4) is 17.2 Å². The molecule has 0 radical (unpaired) electrons. The molecular formula is C26H27NO6. The average Bonchev–Trinajstić information content (AvgIpc) is 2.81. The molecule has 0 bridgehead atoms. The summed E-state index contributed by atoms with van der Waals surface area (Å²) in [6.45, 7) is 3.89. The van der Waals surface area contributed by atoms with E-state index in [1.807, 2.05) is 38.1 Å². The molecule has 1 amide bonds. The highest BCUT2D eigenvalue weighted by atomic mass is 16.6. The van der Waals surface area contributed by atoms with Crippen molar-refractivity contribution in [3.05, 3.63) is 82.9 Å². The summed E-state index contributed by atoms with van der Waals surface area (Å²) in [7, 11) is 4.38. The van der Waals surface area contributed by atoms with Crippen molar-refractivity contribution in [2.24, 2.45) is 0 Å². The molecule has 0 unspecified atom stereocenters. The smallest absolute Gasteiger partial charge is 0.343 e. The predicted octanol–water partition coefficient (Wildman–Crippen LogP) is 4.87. The standard InChI is InChI=1S/C26H27NO6/c1-16-11-17(2)13-19(12-16)27-25(28)24(18-9-7-6-8-10-18)33-26(29)20-14-22(31-4)23(32-5)15-21(20)30-3/h6-15,24H,1-5H3,(H,27,28)/t24-/m0/s1. The second kappa shape index (κ2) is 10.5. The van der Waals surface area contributed by atoms with Crippen molar-refractivity contribution in [3.63, 3.8) is 0 Å². The van der Waals surface area contributed by atoms with Crippen molar-refractivity contribution in [1.82, 2.24) is 0 Å². The van der Waals surface area contributed by atoms with Gasteiger partial charge in [0.2, 0.25) is 6.10 Å². The molecule has 3 aromatic carbocycles. The molecule has 0 heterocycles. The second-order valence-corrected chi connectivity index (χ2v) is 7.47. The number of hydrogen-bond donors (Lipinski definition) is 1. The van der Waals surface area contributed by atoms with E-state index in [1.165, 1.54) is 33.5 Å². The van der Waals surface area contributed by atoms with E-state index >= 15 is 0 Å². The first-order valence-electron chi connectivity index (χ1n) is 10.3. The molecule has 3 aromatic rings. The molecule has 33 heavy (non-hydrogen) atoms. The Morgan fingerprint density at radius 3 is 1.91 bits per heavy atom. The molecule has 0 saturated heterocycles. The summed E-state index contributed by atoms with van der Waals surface area (Å²) in [4.78, 5) is 26.4. The number of nitrogens with one attached hydrogen (secondary N) is 1. The van der Waals surface area contributed by atoms with Gasteiger partial charge in [-0.05, 0) is 37.1 Å². The number of esters is 1. The van der Waals surface area contributed by atoms with Crippen molar-refractivity contribution in [2.45, 2.75) is 20.0 Å². The fourth-order valence-corrected chi connectivity index (χ4v) is 3.51. The number of anilines is 1. The Morgan fingerprint density at radius 2 is 1.33 bits per heavy atom. The highest BCUT2D eigenvalue weighted by Crippen LogP contribution is 2.36. The number of ether oxygens (including phenoxy) is 4. The summed E-state index contributed by atoms with van der Waals surface area (Å²) in [5.74, 6) is -0.241. The summed E-state index contributed by atoms with van der Waals surface area (Å²) in [5, 5.41) is 2.86. The average molecular weight is 450 g/mol. The Balaban J connectivity index is 1.94. The molecule has 1 N–H and O–H groups in total. The van der Waals surface area contributed by atoms with Crippen LogP contribution in [0.25, 0.3) is 0 Å². The van der Waals surface area contributed by atoms with Gasteiger partial charge in [0.25, 0.3) is 5.91 Å². The molecule has 7 nitrogen and oxygen atoms in total. The molecule has 3 rings (SSSR count). The minimum atomic E-state index is -1.18. The normalized spacial score (nSPS) is 11.3. The largest absolute Gasteiger partial charge is 0.496 e. The minimum absolute atomic E-state index is 0.107. The Morgan fingerprint density at radius 1 is 0.758 bits per heavy atom. The maximum atomic E-state index is 13.2. The lowest BCUT2D eigenvalue weighted by Crippen LogP contribution is -2.26. The van der Waals surface area contributed by atoms with Gasteiger partial charge in [-0.15, -0.1) is 0 Å². The van der Waals surface area contributed by atoms with Crippen molar-refractivity contribution in [2.75, 3.05) is 26.6 Å². The summed E-state index contributed by atoms with van der Waals surface area (Å²) in [5.41, 5.74) is 3.28. The maximum absolute atomic E-state index is 13.2. The Kier molecular flexibility index (Phi) is 7.56. The number of methoxy groups -OCH3 is 3. The van der Waals surface area contributed by atoms with Gasteiger partial charge < -0.3 is 24.3 Å². The van der Waals surface area contributed by atoms with E-state index in [2.05, 4.69) is 5.32 Å². The van der Waals surface area contributed by atoms with Crippen LogP contribution in [0.4, 0.5) is 5.69 Å². The maximum Gasteiger partial charge on any atom is 0.343 e. The zero-order valence-corrected chi connectivity index (χ0v) is 19.3. The summed E-state index contributed by atoms with van der Waals surface area (Å²) in [6, 6.07) is 17.5. The van der Waals surface area contributed by atoms with Gasteiger partial charge >= 0.3 is 5.97 Å². The molecule has 0 fully saturated rings. The van der Waals surface area contributed by atoms with E-state index < -0.39 is 18.0 Å². The van der Waals surface area contributed by atoms with E-state index in [0.717, 1.165) is 11.1 Å². The molecule has 1 atom stereocenters. The number of rotatable bonds is 8. The van der Waals surface area contributed by atoms with Gasteiger partial charge in [-0.25, -0.2) is 4.79 Å². The third-order valence-corrected chi connectivity index (χ3v) is 4.98. The highest BCUT2D eigenvalue weighted by Gasteiger charge is 2.28. The van der Waals surface area contributed by atoms with Crippen LogP contribution in [-0.4, -0.2) is 33.2 Å². The van der Waals surface area contributed by atoms with E-state index in [0.29, 0.717) is 22.7 Å². The van der Waals surface area contributed by atoms with Gasteiger partial charge in [-0.3, -0.25) is 4.79 Å². The van der Waals surface area contributed by atoms with E-state index in [9.17, 15) is 9.59 Å². The Labute approximate surface area is 193 Å². The van der Waals surface area contributed by atoms with Crippen LogP contribution < -0.4 is 19.5 Å². The van der Waals surface area contributed by atoms with Crippen LogP contribution in [0.3, 0.4) is 0 Å². The zero-order chi connectivity index (χ0) is 24.0. The molecule has 172 valence electrons.